The van der Waals surface area contributed by atoms with E-state index in [0.29, 0.717) is 18.9 Å². The maximum atomic E-state index is 12.1. The van der Waals surface area contributed by atoms with Crippen LogP contribution in [0.15, 0.2) is 18.2 Å². The van der Waals surface area contributed by atoms with Gasteiger partial charge >= 0.3 is 0 Å². The Labute approximate surface area is 157 Å². The van der Waals surface area contributed by atoms with E-state index in [2.05, 4.69) is 39.0 Å². The van der Waals surface area contributed by atoms with Crippen molar-refractivity contribution in [1.82, 2.24) is 25.6 Å². The molecule has 26 heavy (non-hydrogen) atoms. The normalized spacial score (nSPS) is 21.3. The topological polar surface area (TPSA) is 92.2 Å². The van der Waals surface area contributed by atoms with Gasteiger partial charge in [0.2, 0.25) is 5.91 Å². The first-order valence-electron chi connectivity index (χ1n) is 8.75. The van der Waals surface area contributed by atoms with E-state index in [1.54, 1.807) is 4.68 Å². The van der Waals surface area contributed by atoms with Gasteiger partial charge in [-0.1, -0.05) is 5.21 Å². The lowest BCUT2D eigenvalue weighted by atomic mass is 10.0. The Kier molecular flexibility index (Phi) is 5.43. The van der Waals surface area contributed by atoms with E-state index < -0.39 is 6.04 Å². The maximum absolute atomic E-state index is 12.1. The van der Waals surface area contributed by atoms with Crippen molar-refractivity contribution in [3.63, 3.8) is 0 Å². The van der Waals surface area contributed by atoms with Crippen LogP contribution < -0.4 is 15.5 Å². The molecule has 9 heteroatoms. The van der Waals surface area contributed by atoms with Crippen molar-refractivity contribution in [3.8, 4) is 0 Å². The second-order valence-corrected chi connectivity index (χ2v) is 6.77. The molecular formula is C17H23ClN6O2. The summed E-state index contributed by atoms with van der Waals surface area (Å²) in [6.45, 7) is 2.09. The Hall–Kier alpha value is -2.19. The van der Waals surface area contributed by atoms with Crippen LogP contribution >= 0.6 is 12.4 Å². The van der Waals surface area contributed by atoms with Crippen LogP contribution in [0, 0.1) is 0 Å². The quantitative estimate of drug-likeness (QED) is 0.775. The van der Waals surface area contributed by atoms with Crippen molar-refractivity contribution in [1.29, 1.82) is 0 Å². The highest BCUT2D eigenvalue weighted by Crippen LogP contribution is 2.27. The average molecular weight is 379 g/mol. The standard InChI is InChI=1S/C17H22N6O2.ClH/c1-22(11-6-8-18-9-7-11)12-2-3-14-13(10-12)20-21-23(14)15-4-5-16(24)19-17(15)25;/h2-3,10-11,15,18H,4-9H2,1H3,(H,19,24,25);1H. The summed E-state index contributed by atoms with van der Waals surface area (Å²) in [5, 5.41) is 14.2. The third-order valence-corrected chi connectivity index (χ3v) is 5.22. The Balaban J connectivity index is 0.00000196. The predicted molar refractivity (Wildman–Crippen MR) is 100 cm³/mol. The van der Waals surface area contributed by atoms with E-state index in [-0.39, 0.29) is 24.2 Å². The number of anilines is 1. The van der Waals surface area contributed by atoms with Gasteiger partial charge in [0.15, 0.2) is 0 Å². The number of benzene rings is 1. The molecule has 2 aliphatic rings. The first kappa shape index (κ1) is 18.6. The number of imide groups is 1. The van der Waals surface area contributed by atoms with Gasteiger partial charge in [0.1, 0.15) is 11.6 Å². The van der Waals surface area contributed by atoms with Crippen LogP contribution in [-0.2, 0) is 9.59 Å². The number of carbonyl (C=O) groups excluding carboxylic acids is 2. The molecule has 1 aromatic heterocycles. The van der Waals surface area contributed by atoms with Crippen LogP contribution in [0.3, 0.4) is 0 Å². The Bertz CT molecular complexity index is 817. The van der Waals surface area contributed by atoms with Crippen LogP contribution in [-0.4, -0.2) is 53.0 Å². The van der Waals surface area contributed by atoms with E-state index in [9.17, 15) is 9.59 Å². The fourth-order valence-electron chi connectivity index (χ4n) is 3.70. The monoisotopic (exact) mass is 378 g/mol. The number of nitrogens with zero attached hydrogens (tertiary/aromatic N) is 4. The zero-order chi connectivity index (χ0) is 17.4. The smallest absolute Gasteiger partial charge is 0.251 e. The van der Waals surface area contributed by atoms with Crippen molar-refractivity contribution in [2.24, 2.45) is 0 Å². The second kappa shape index (κ2) is 7.59. The summed E-state index contributed by atoms with van der Waals surface area (Å²) in [6.07, 6.45) is 3.03. The lowest BCUT2D eigenvalue weighted by Gasteiger charge is -2.33. The summed E-state index contributed by atoms with van der Waals surface area (Å²) in [4.78, 5) is 25.7. The van der Waals surface area contributed by atoms with Gasteiger partial charge in [0.25, 0.3) is 5.91 Å². The highest BCUT2D eigenvalue weighted by atomic mass is 35.5. The summed E-state index contributed by atoms with van der Waals surface area (Å²) in [5.41, 5.74) is 2.69. The van der Waals surface area contributed by atoms with Gasteiger partial charge in [-0.3, -0.25) is 14.9 Å². The zero-order valence-electron chi connectivity index (χ0n) is 14.6. The van der Waals surface area contributed by atoms with Crippen molar-refractivity contribution >= 4 is 40.9 Å². The number of nitrogens with one attached hydrogen (secondary N) is 2. The molecule has 0 radical (unpaired) electrons. The number of carbonyl (C=O) groups is 2. The minimum absolute atomic E-state index is 0. The zero-order valence-corrected chi connectivity index (χ0v) is 15.5. The maximum Gasteiger partial charge on any atom is 0.251 e. The molecular weight excluding hydrogens is 356 g/mol. The number of piperidine rings is 2. The lowest BCUT2D eigenvalue weighted by Crippen LogP contribution is -2.42. The van der Waals surface area contributed by atoms with Crippen molar-refractivity contribution in [2.45, 2.75) is 37.8 Å². The third-order valence-electron chi connectivity index (χ3n) is 5.22. The minimum atomic E-state index is -0.476. The fourth-order valence-corrected chi connectivity index (χ4v) is 3.70. The van der Waals surface area contributed by atoms with Crippen LogP contribution in [0.1, 0.15) is 31.7 Å². The number of hydrogen-bond acceptors (Lipinski definition) is 6. The predicted octanol–water partition coefficient (Wildman–Crippen LogP) is 1.02. The van der Waals surface area contributed by atoms with Crippen LogP contribution in [0.2, 0.25) is 0 Å². The molecule has 2 saturated heterocycles. The summed E-state index contributed by atoms with van der Waals surface area (Å²) in [7, 11) is 2.11. The van der Waals surface area contributed by atoms with Gasteiger partial charge in [0, 0.05) is 25.2 Å². The molecule has 0 saturated carbocycles. The van der Waals surface area contributed by atoms with Crippen molar-refractivity contribution in [3.05, 3.63) is 18.2 Å². The Morgan fingerprint density at radius 2 is 1.96 bits per heavy atom. The van der Waals surface area contributed by atoms with Crippen LogP contribution in [0.25, 0.3) is 11.0 Å². The Morgan fingerprint density at radius 3 is 2.69 bits per heavy atom. The van der Waals surface area contributed by atoms with Crippen molar-refractivity contribution < 1.29 is 9.59 Å². The van der Waals surface area contributed by atoms with E-state index >= 15 is 0 Å². The molecule has 2 fully saturated rings. The molecule has 8 nitrogen and oxygen atoms in total. The average Bonchev–Trinajstić information content (AvgIpc) is 3.05. The molecule has 0 bridgehead atoms. The van der Waals surface area contributed by atoms with Gasteiger partial charge in [-0.2, -0.15) is 0 Å². The SMILES string of the molecule is CN(c1ccc2c(c1)nnn2C1CCC(=O)NC1=O)C1CCNCC1.Cl. The van der Waals surface area contributed by atoms with Crippen molar-refractivity contribution in [2.75, 3.05) is 25.0 Å². The summed E-state index contributed by atoms with van der Waals surface area (Å²) in [6, 6.07) is 6.08. The largest absolute Gasteiger partial charge is 0.371 e. The molecule has 2 amide bonds. The summed E-state index contributed by atoms with van der Waals surface area (Å²) >= 11 is 0. The van der Waals surface area contributed by atoms with E-state index in [1.165, 1.54) is 0 Å². The number of amides is 2. The third kappa shape index (κ3) is 3.39. The number of aromatic nitrogens is 3. The van der Waals surface area contributed by atoms with E-state index in [1.807, 2.05) is 12.1 Å². The van der Waals surface area contributed by atoms with Gasteiger partial charge < -0.3 is 10.2 Å². The molecule has 2 N–H and O–H groups in total. The first-order chi connectivity index (χ1) is 12.1. The summed E-state index contributed by atoms with van der Waals surface area (Å²) < 4.78 is 1.63. The fraction of sp³-hybridized carbons (Fsp3) is 0.529. The first-order valence-corrected chi connectivity index (χ1v) is 8.75. The number of hydrogen-bond donors (Lipinski definition) is 2. The van der Waals surface area contributed by atoms with E-state index in [0.717, 1.165) is 42.7 Å². The van der Waals surface area contributed by atoms with Gasteiger partial charge in [0.05, 0.1) is 5.52 Å². The molecule has 1 unspecified atom stereocenters. The van der Waals surface area contributed by atoms with Gasteiger partial charge in [-0.25, -0.2) is 4.68 Å². The number of halogens is 1. The highest BCUT2D eigenvalue weighted by molar-refractivity contribution is 6.00. The van der Waals surface area contributed by atoms with Crippen LogP contribution in [0.4, 0.5) is 5.69 Å². The number of rotatable bonds is 3. The van der Waals surface area contributed by atoms with Gasteiger partial charge in [-0.05, 0) is 50.6 Å². The second-order valence-electron chi connectivity index (χ2n) is 6.77. The molecule has 4 rings (SSSR count). The molecule has 1 aromatic carbocycles. The van der Waals surface area contributed by atoms with Gasteiger partial charge in [-0.15, -0.1) is 17.5 Å². The lowest BCUT2D eigenvalue weighted by molar-refractivity contribution is -0.135. The minimum Gasteiger partial charge on any atom is -0.371 e. The Morgan fingerprint density at radius 1 is 1.19 bits per heavy atom. The molecule has 0 spiro atoms. The van der Waals surface area contributed by atoms with E-state index in [4.69, 9.17) is 0 Å². The highest BCUT2D eigenvalue weighted by Gasteiger charge is 2.30. The molecule has 0 aliphatic carbocycles. The molecule has 3 heterocycles. The molecule has 2 aromatic rings. The summed E-state index contributed by atoms with van der Waals surface area (Å²) in [5.74, 6) is -0.532. The molecule has 140 valence electrons. The molecule has 1 atom stereocenters. The van der Waals surface area contributed by atoms with Crippen LogP contribution in [0.5, 0.6) is 0 Å². The molecule has 2 aliphatic heterocycles. The number of fused-ring (bicyclic) bond motifs is 1.